The van der Waals surface area contributed by atoms with Crippen LogP contribution >= 0.6 is 0 Å². The number of imidazole rings is 1. The zero-order chi connectivity index (χ0) is 28.3. The van der Waals surface area contributed by atoms with Gasteiger partial charge in [0, 0.05) is 55.0 Å². The number of rotatable bonds is 9. The van der Waals surface area contributed by atoms with E-state index in [1.807, 2.05) is 24.3 Å². The molecule has 0 saturated carbocycles. The van der Waals surface area contributed by atoms with Crippen molar-refractivity contribution in [2.75, 3.05) is 36.0 Å². The fourth-order valence-electron chi connectivity index (χ4n) is 5.21. The lowest BCUT2D eigenvalue weighted by Crippen LogP contribution is -2.45. The van der Waals surface area contributed by atoms with Gasteiger partial charge in [-0.3, -0.25) is 4.57 Å². The number of hydrogen-bond acceptors (Lipinski definition) is 8. The highest BCUT2D eigenvalue weighted by atomic mass is 19.4. The van der Waals surface area contributed by atoms with Crippen LogP contribution in [-0.4, -0.2) is 59.2 Å². The van der Waals surface area contributed by atoms with E-state index >= 15 is 0 Å². The van der Waals surface area contributed by atoms with Gasteiger partial charge in [0.15, 0.2) is 0 Å². The first kappa shape index (κ1) is 27.4. The summed E-state index contributed by atoms with van der Waals surface area (Å²) in [5.41, 5.74) is 1.96. The third-order valence-electron chi connectivity index (χ3n) is 7.16. The van der Waals surface area contributed by atoms with Crippen LogP contribution in [0.5, 0.6) is 17.5 Å². The second-order valence-corrected chi connectivity index (χ2v) is 9.71. The molecule has 2 aromatic carbocycles. The maximum absolute atomic E-state index is 12.4. The first-order valence-electron chi connectivity index (χ1n) is 13.2. The third-order valence-corrected chi connectivity index (χ3v) is 7.16. The zero-order valence-electron chi connectivity index (χ0n) is 21.9. The van der Waals surface area contributed by atoms with Crippen molar-refractivity contribution in [1.82, 2.24) is 9.55 Å². The second-order valence-electron chi connectivity index (χ2n) is 9.71. The van der Waals surface area contributed by atoms with E-state index in [0.717, 1.165) is 43.9 Å². The minimum Gasteiger partial charge on any atom is -0.490 e. The van der Waals surface area contributed by atoms with Crippen LogP contribution in [0.4, 0.5) is 30.4 Å². The van der Waals surface area contributed by atoms with Crippen LogP contribution in [0.2, 0.25) is 0 Å². The summed E-state index contributed by atoms with van der Waals surface area (Å²) in [5.74, 6) is 0.253. The Morgan fingerprint density at radius 1 is 1.05 bits per heavy atom. The lowest BCUT2D eigenvalue weighted by Gasteiger charge is -2.40. The maximum Gasteiger partial charge on any atom is 0.573 e. The predicted octanol–water partition coefficient (Wildman–Crippen LogP) is 5.42. The molecular weight excluding hydrogens is 531 g/mol. The van der Waals surface area contributed by atoms with Gasteiger partial charge in [0.1, 0.15) is 30.4 Å². The van der Waals surface area contributed by atoms with Gasteiger partial charge in [-0.1, -0.05) is 0 Å². The summed E-state index contributed by atoms with van der Waals surface area (Å²) in [6, 6.07) is 14.5. The van der Waals surface area contributed by atoms with E-state index in [4.69, 9.17) is 9.47 Å². The highest BCUT2D eigenvalue weighted by Gasteiger charge is 2.31. The molecule has 1 aromatic heterocycles. The average Bonchev–Trinajstić information content (AvgIpc) is 3.37. The number of aromatic nitrogens is 2. The number of piperidine rings is 1. The topological polar surface area (TPSA) is 95.1 Å². The Kier molecular flexibility index (Phi) is 7.90. The molecule has 1 atom stereocenters. The van der Waals surface area contributed by atoms with Gasteiger partial charge >= 0.3 is 18.2 Å². The Balaban J connectivity index is 1.11. The van der Waals surface area contributed by atoms with Gasteiger partial charge in [0.25, 0.3) is 0 Å². The van der Waals surface area contributed by atoms with Gasteiger partial charge < -0.3 is 34.1 Å². The van der Waals surface area contributed by atoms with Gasteiger partial charge in [0.05, 0.1) is 0 Å². The first-order valence-corrected chi connectivity index (χ1v) is 13.2. The summed E-state index contributed by atoms with van der Waals surface area (Å²) in [7, 11) is 0. The smallest absolute Gasteiger partial charge is 0.490 e. The van der Waals surface area contributed by atoms with Crippen molar-refractivity contribution in [3.8, 4) is 17.5 Å². The second kappa shape index (κ2) is 11.5. The molecule has 5 rings (SSSR count). The molecule has 13 heteroatoms. The number of nitro groups is 1. The van der Waals surface area contributed by atoms with Crippen LogP contribution in [0.25, 0.3) is 0 Å². The van der Waals surface area contributed by atoms with E-state index in [9.17, 15) is 23.3 Å². The molecule has 1 saturated heterocycles. The normalized spacial score (nSPS) is 17.6. The standard InChI is InChI=1S/C27H30F3N5O5/c1-2-34(21-11-14-32(15-12-21)19-3-9-23(10-4-19)40-27(28,29)30)20-5-7-22(8-6-20)38-18-24-13-16-33-17-25(35(36)37)31-26(33)39-24/h3-10,17,21,24H,2,11-16,18H2,1H3. The average molecular weight is 562 g/mol. The first-order chi connectivity index (χ1) is 19.2. The summed E-state index contributed by atoms with van der Waals surface area (Å²) in [4.78, 5) is 18.8. The molecule has 0 spiro atoms. The van der Waals surface area contributed by atoms with Crippen LogP contribution in [0.15, 0.2) is 54.7 Å². The van der Waals surface area contributed by atoms with Crippen molar-refractivity contribution in [3.63, 3.8) is 0 Å². The Labute approximate surface area is 229 Å². The molecule has 2 aliphatic heterocycles. The summed E-state index contributed by atoms with van der Waals surface area (Å²) >= 11 is 0. The Bertz CT molecular complexity index is 1290. The number of halogens is 3. The minimum absolute atomic E-state index is 0.222. The molecule has 214 valence electrons. The van der Waals surface area contributed by atoms with Crippen LogP contribution in [0, 0.1) is 10.1 Å². The van der Waals surface area contributed by atoms with Gasteiger partial charge in [0.2, 0.25) is 0 Å². The molecule has 0 bridgehead atoms. The molecule has 0 aliphatic carbocycles. The molecule has 3 heterocycles. The van der Waals surface area contributed by atoms with Crippen LogP contribution in [-0.2, 0) is 6.54 Å². The summed E-state index contributed by atoms with van der Waals surface area (Å²) in [5, 5.41) is 10.9. The lowest BCUT2D eigenvalue weighted by atomic mass is 10.0. The molecule has 40 heavy (non-hydrogen) atoms. The van der Waals surface area contributed by atoms with Gasteiger partial charge in [-0.25, -0.2) is 0 Å². The SMILES string of the molecule is CCN(c1ccc(OCC2CCn3cc([N+](=O)[O-])nc3O2)cc1)C1CCN(c2ccc(OC(F)(F)F)cc2)CC1. The maximum atomic E-state index is 12.4. The predicted molar refractivity (Wildman–Crippen MR) is 141 cm³/mol. The Morgan fingerprint density at radius 3 is 2.35 bits per heavy atom. The molecular formula is C27H30F3N5O5. The van der Waals surface area contributed by atoms with Crippen LogP contribution in [0.3, 0.4) is 0 Å². The number of nitrogens with zero attached hydrogens (tertiary/aromatic N) is 5. The van der Waals surface area contributed by atoms with Gasteiger partial charge in [-0.2, -0.15) is 0 Å². The number of hydrogen-bond donors (Lipinski definition) is 0. The minimum atomic E-state index is -4.70. The number of anilines is 2. The number of aryl methyl sites for hydroxylation is 1. The molecule has 0 amide bonds. The molecule has 1 unspecified atom stereocenters. The van der Waals surface area contributed by atoms with Crippen molar-refractivity contribution in [2.24, 2.45) is 0 Å². The van der Waals surface area contributed by atoms with Crippen LogP contribution in [0.1, 0.15) is 26.2 Å². The molecule has 1 fully saturated rings. The molecule has 10 nitrogen and oxygen atoms in total. The number of benzene rings is 2. The van der Waals surface area contributed by atoms with E-state index in [0.29, 0.717) is 31.4 Å². The van der Waals surface area contributed by atoms with Crippen LogP contribution < -0.4 is 24.0 Å². The van der Waals surface area contributed by atoms with E-state index in [2.05, 4.69) is 26.4 Å². The fraction of sp³-hybridized carbons (Fsp3) is 0.444. The molecule has 2 aliphatic rings. The quantitative estimate of drug-likeness (QED) is 0.253. The zero-order valence-corrected chi connectivity index (χ0v) is 21.9. The van der Waals surface area contributed by atoms with Crippen molar-refractivity contribution in [1.29, 1.82) is 0 Å². The largest absolute Gasteiger partial charge is 0.573 e. The van der Waals surface area contributed by atoms with Crippen molar-refractivity contribution in [3.05, 3.63) is 64.8 Å². The van der Waals surface area contributed by atoms with E-state index in [1.54, 1.807) is 16.7 Å². The van der Waals surface area contributed by atoms with E-state index < -0.39 is 11.3 Å². The molecule has 0 N–H and O–H groups in total. The Hall–Kier alpha value is -4.16. The van der Waals surface area contributed by atoms with Crippen molar-refractivity contribution >= 4 is 17.2 Å². The lowest BCUT2D eigenvalue weighted by molar-refractivity contribution is -0.389. The fourth-order valence-corrected chi connectivity index (χ4v) is 5.21. The highest BCUT2D eigenvalue weighted by molar-refractivity contribution is 5.52. The van der Waals surface area contributed by atoms with E-state index in [1.165, 1.54) is 18.3 Å². The molecule has 0 radical (unpaired) electrons. The van der Waals surface area contributed by atoms with Gasteiger partial charge in [-0.15, -0.1) is 13.2 Å². The Morgan fingerprint density at radius 2 is 1.73 bits per heavy atom. The van der Waals surface area contributed by atoms with Gasteiger partial charge in [-0.05, 0) is 73.2 Å². The number of ether oxygens (including phenoxy) is 3. The monoisotopic (exact) mass is 561 g/mol. The summed E-state index contributed by atoms with van der Waals surface area (Å²) < 4.78 is 54.6. The van der Waals surface area contributed by atoms with Crippen molar-refractivity contribution in [2.45, 2.75) is 51.2 Å². The third kappa shape index (κ3) is 6.52. The van der Waals surface area contributed by atoms with Crippen molar-refractivity contribution < 1.29 is 32.3 Å². The number of alkyl halides is 3. The van der Waals surface area contributed by atoms with E-state index in [-0.39, 0.29) is 23.7 Å². The highest BCUT2D eigenvalue weighted by Crippen LogP contribution is 2.30. The summed E-state index contributed by atoms with van der Waals surface area (Å²) in [6.07, 6.45) is -1.08. The number of fused-ring (bicyclic) bond motifs is 1. The molecule has 3 aromatic rings. The summed E-state index contributed by atoms with van der Waals surface area (Å²) in [6.45, 7) is 5.42.